The number of halogens is 2. The van der Waals surface area contributed by atoms with Crippen molar-refractivity contribution in [2.75, 3.05) is 16.6 Å². The van der Waals surface area contributed by atoms with E-state index in [9.17, 15) is 13.4 Å². The highest BCUT2D eigenvalue weighted by Crippen LogP contribution is 2.36. The van der Waals surface area contributed by atoms with Crippen molar-refractivity contribution in [1.29, 1.82) is 0 Å². The normalized spacial score (nSPS) is 15.2. The van der Waals surface area contributed by atoms with Crippen molar-refractivity contribution in [1.82, 2.24) is 15.0 Å². The van der Waals surface area contributed by atoms with Crippen molar-refractivity contribution < 1.29 is 17.8 Å². The molecule has 0 spiro atoms. The minimum atomic E-state index is -1.80. The van der Waals surface area contributed by atoms with Crippen LogP contribution in [0.25, 0.3) is 11.4 Å². The minimum absolute atomic E-state index is 0.147. The summed E-state index contributed by atoms with van der Waals surface area (Å²) in [4.78, 5) is 25.6. The molecule has 10 heteroatoms. The second-order valence-electron chi connectivity index (χ2n) is 8.92. The number of anilines is 2. The second-order valence-corrected chi connectivity index (χ2v) is 10.1. The first-order chi connectivity index (χ1) is 17.9. The second kappa shape index (κ2) is 10.2. The lowest BCUT2D eigenvalue weighted by Crippen LogP contribution is -2.19. The van der Waals surface area contributed by atoms with E-state index in [2.05, 4.69) is 31.9 Å². The van der Waals surface area contributed by atoms with E-state index in [4.69, 9.17) is 0 Å². The molecule has 1 aliphatic heterocycles. The molecule has 4 aromatic rings. The Hall–Kier alpha value is -3.92. The predicted octanol–water partition coefficient (Wildman–Crippen LogP) is 5.54. The number of ketones is 1. The van der Waals surface area contributed by atoms with Gasteiger partial charge in [-0.15, -0.1) is 0 Å². The summed E-state index contributed by atoms with van der Waals surface area (Å²) in [7, 11) is -1.80. The Kier molecular flexibility index (Phi) is 6.84. The van der Waals surface area contributed by atoms with Crippen LogP contribution in [-0.4, -0.2) is 31.5 Å². The lowest BCUT2D eigenvalue weighted by Gasteiger charge is -2.14. The fraction of sp³-hybridized carbons (Fsp3) is 0.222. The largest absolute Gasteiger partial charge is 0.369 e. The van der Waals surface area contributed by atoms with E-state index in [1.807, 2.05) is 19.1 Å². The van der Waals surface area contributed by atoms with Crippen LogP contribution < -0.4 is 10.0 Å². The first kappa shape index (κ1) is 24.8. The average Bonchev–Trinajstić information content (AvgIpc) is 3.52. The van der Waals surface area contributed by atoms with Gasteiger partial charge < -0.3 is 10.3 Å². The standard InChI is InChI=1S/C27H25F2N5O2S/c1-3-4-16-5-7-18(8-6-16)37(36)34-22-10-9-21(28)23(24(22)29)25(35)20-14-32-27-19(20)11-17(13-31-27)26-30-12-15(2)33-26/h5-13,20,34H,3-4,14H2,1-2H3,(H,30,33)(H,31,32). The summed E-state index contributed by atoms with van der Waals surface area (Å²) in [6.07, 6.45) is 5.18. The smallest absolute Gasteiger partial charge is 0.178 e. The molecule has 0 saturated carbocycles. The zero-order valence-electron chi connectivity index (χ0n) is 20.3. The third-order valence-electron chi connectivity index (χ3n) is 6.28. The van der Waals surface area contributed by atoms with Crippen molar-refractivity contribution >= 4 is 28.3 Å². The number of imidazole rings is 1. The first-order valence-corrected chi connectivity index (χ1v) is 13.1. The van der Waals surface area contributed by atoms with E-state index in [-0.39, 0.29) is 12.2 Å². The number of H-pyrrole nitrogens is 1. The van der Waals surface area contributed by atoms with Crippen molar-refractivity contribution in [3.8, 4) is 11.4 Å². The summed E-state index contributed by atoms with van der Waals surface area (Å²) in [6, 6.07) is 11.0. The van der Waals surface area contributed by atoms with Crippen LogP contribution in [0.4, 0.5) is 20.3 Å². The molecule has 37 heavy (non-hydrogen) atoms. The molecule has 7 nitrogen and oxygen atoms in total. The monoisotopic (exact) mass is 521 g/mol. The number of carbonyl (C=O) groups excluding carboxylic acids is 1. The third kappa shape index (κ3) is 4.89. The Labute approximate surface area is 215 Å². The molecule has 0 amide bonds. The molecule has 3 heterocycles. The van der Waals surface area contributed by atoms with Crippen LogP contribution in [0, 0.1) is 18.6 Å². The number of Topliss-reactive ketones (excluding diaryl/α,β-unsaturated/α-hetero) is 1. The first-order valence-electron chi connectivity index (χ1n) is 11.9. The van der Waals surface area contributed by atoms with Gasteiger partial charge >= 0.3 is 0 Å². The van der Waals surface area contributed by atoms with Crippen molar-refractivity contribution in [3.05, 3.63) is 88.9 Å². The molecule has 2 aromatic heterocycles. The van der Waals surface area contributed by atoms with Gasteiger partial charge in [-0.3, -0.25) is 9.52 Å². The van der Waals surface area contributed by atoms with Crippen molar-refractivity contribution in [3.63, 3.8) is 0 Å². The number of nitrogens with one attached hydrogen (secondary N) is 3. The van der Waals surface area contributed by atoms with E-state index in [0.717, 1.165) is 36.2 Å². The molecule has 2 atom stereocenters. The number of aromatic nitrogens is 3. The Morgan fingerprint density at radius 2 is 1.92 bits per heavy atom. The van der Waals surface area contributed by atoms with E-state index in [1.54, 1.807) is 30.6 Å². The van der Waals surface area contributed by atoms with Crippen molar-refractivity contribution in [2.45, 2.75) is 37.5 Å². The van der Waals surface area contributed by atoms with Crippen LogP contribution in [0.3, 0.4) is 0 Å². The summed E-state index contributed by atoms with van der Waals surface area (Å²) in [5.41, 5.74) is 2.26. The van der Waals surface area contributed by atoms with Gasteiger partial charge in [0.1, 0.15) is 28.4 Å². The highest BCUT2D eigenvalue weighted by atomic mass is 32.2. The van der Waals surface area contributed by atoms with Crippen LogP contribution >= 0.6 is 0 Å². The fourth-order valence-electron chi connectivity index (χ4n) is 4.39. The molecule has 5 rings (SSSR count). The number of aromatic amines is 1. The molecule has 3 N–H and O–H groups in total. The summed E-state index contributed by atoms with van der Waals surface area (Å²) in [6.45, 7) is 4.08. The molecular formula is C27H25F2N5O2S. The molecule has 2 aromatic carbocycles. The average molecular weight is 522 g/mol. The van der Waals surface area contributed by atoms with Crippen LogP contribution in [0.1, 0.15) is 46.4 Å². The Balaban J connectivity index is 1.42. The molecule has 1 aliphatic rings. The van der Waals surface area contributed by atoms with Gasteiger partial charge in [-0.1, -0.05) is 25.5 Å². The zero-order chi connectivity index (χ0) is 26.1. The number of aryl methyl sites for hydroxylation is 2. The number of hydrogen-bond acceptors (Lipinski definition) is 5. The van der Waals surface area contributed by atoms with Crippen molar-refractivity contribution in [2.24, 2.45) is 0 Å². The molecule has 0 saturated heterocycles. The molecule has 0 aliphatic carbocycles. The van der Waals surface area contributed by atoms with Crippen LogP contribution in [0.2, 0.25) is 0 Å². The Morgan fingerprint density at radius 1 is 1.14 bits per heavy atom. The number of nitrogens with zero attached hydrogens (tertiary/aromatic N) is 2. The minimum Gasteiger partial charge on any atom is -0.369 e. The van der Waals surface area contributed by atoms with Crippen LogP contribution in [-0.2, 0) is 17.4 Å². The summed E-state index contributed by atoms with van der Waals surface area (Å²) in [5.74, 6) is -2.58. The number of hydrogen-bond donors (Lipinski definition) is 3. The van der Waals surface area contributed by atoms with Gasteiger partial charge in [0, 0.05) is 35.8 Å². The molecule has 190 valence electrons. The Morgan fingerprint density at radius 3 is 2.62 bits per heavy atom. The maximum absolute atomic E-state index is 15.5. The molecule has 0 radical (unpaired) electrons. The molecule has 0 fully saturated rings. The predicted molar refractivity (Wildman–Crippen MR) is 139 cm³/mol. The van der Waals surface area contributed by atoms with Gasteiger partial charge in [0.2, 0.25) is 0 Å². The van der Waals surface area contributed by atoms with Gasteiger partial charge in [0.05, 0.1) is 22.1 Å². The van der Waals surface area contributed by atoms with Gasteiger partial charge in [-0.25, -0.2) is 23.0 Å². The lowest BCUT2D eigenvalue weighted by molar-refractivity contribution is 0.0958. The third-order valence-corrected chi connectivity index (χ3v) is 7.38. The number of benzene rings is 2. The number of fused-ring (bicyclic) bond motifs is 1. The van der Waals surface area contributed by atoms with Gasteiger partial charge in [-0.05, 0) is 49.2 Å². The molecule has 2 unspecified atom stereocenters. The lowest BCUT2D eigenvalue weighted by atomic mass is 9.91. The number of rotatable bonds is 8. The highest BCUT2D eigenvalue weighted by Gasteiger charge is 2.34. The molecule has 0 bridgehead atoms. The van der Waals surface area contributed by atoms with E-state index in [0.29, 0.717) is 27.7 Å². The number of pyridine rings is 1. The van der Waals surface area contributed by atoms with Gasteiger partial charge in [0.15, 0.2) is 11.6 Å². The number of carbonyl (C=O) groups is 1. The summed E-state index contributed by atoms with van der Waals surface area (Å²) >= 11 is 0. The Bertz CT molecular complexity index is 1500. The van der Waals surface area contributed by atoms with E-state index in [1.165, 1.54) is 0 Å². The topological polar surface area (TPSA) is 99.8 Å². The molecular weight excluding hydrogens is 496 g/mol. The SMILES string of the molecule is CCCc1ccc(S(=O)Nc2ccc(F)c(C(=O)C3CNc4ncc(-c5ncc(C)[nH]5)cc43)c2F)cc1. The van der Waals surface area contributed by atoms with Gasteiger partial charge in [0.25, 0.3) is 0 Å². The van der Waals surface area contributed by atoms with Gasteiger partial charge in [-0.2, -0.15) is 0 Å². The van der Waals surface area contributed by atoms with Crippen LogP contribution in [0.5, 0.6) is 0 Å². The zero-order valence-corrected chi connectivity index (χ0v) is 21.1. The highest BCUT2D eigenvalue weighted by molar-refractivity contribution is 7.86. The van der Waals surface area contributed by atoms with E-state index >= 15 is 4.39 Å². The fourth-order valence-corrected chi connectivity index (χ4v) is 5.24. The summed E-state index contributed by atoms with van der Waals surface area (Å²) < 4.78 is 45.7. The van der Waals surface area contributed by atoms with Crippen LogP contribution in [0.15, 0.2) is 59.8 Å². The maximum atomic E-state index is 15.5. The summed E-state index contributed by atoms with van der Waals surface area (Å²) in [5, 5.41) is 3.03. The maximum Gasteiger partial charge on any atom is 0.178 e. The quantitative estimate of drug-likeness (QED) is 0.265. The van der Waals surface area contributed by atoms with E-state index < -0.39 is 39.9 Å².